The van der Waals surface area contributed by atoms with E-state index in [0.717, 1.165) is 16.8 Å². The van der Waals surface area contributed by atoms with Gasteiger partial charge < -0.3 is 4.90 Å². The summed E-state index contributed by atoms with van der Waals surface area (Å²) in [6, 6.07) is 15.2. The van der Waals surface area contributed by atoms with Crippen LogP contribution < -0.4 is 4.90 Å². The van der Waals surface area contributed by atoms with Crippen LogP contribution in [0, 0.1) is 6.92 Å². The number of rotatable bonds is 3. The van der Waals surface area contributed by atoms with Crippen LogP contribution in [0.5, 0.6) is 0 Å². The van der Waals surface area contributed by atoms with E-state index in [-0.39, 0.29) is 5.78 Å². The average Bonchev–Trinajstić information content (AvgIpc) is 2.39. The van der Waals surface area contributed by atoms with Crippen molar-refractivity contribution in [2.45, 2.75) is 6.92 Å². The zero-order chi connectivity index (χ0) is 13.1. The lowest BCUT2D eigenvalue weighted by molar-refractivity contribution is 0.103. The van der Waals surface area contributed by atoms with Crippen molar-refractivity contribution in [1.29, 1.82) is 0 Å². The van der Waals surface area contributed by atoms with Gasteiger partial charge in [0.15, 0.2) is 5.78 Å². The first kappa shape index (κ1) is 12.4. The predicted octanol–water partition coefficient (Wildman–Crippen LogP) is 3.29. The molecule has 0 saturated carbocycles. The first-order valence-electron chi connectivity index (χ1n) is 5.97. The van der Waals surface area contributed by atoms with E-state index in [4.69, 9.17) is 0 Å². The highest BCUT2D eigenvalue weighted by molar-refractivity contribution is 6.09. The fourth-order valence-corrected chi connectivity index (χ4v) is 1.99. The monoisotopic (exact) mass is 239 g/mol. The van der Waals surface area contributed by atoms with Gasteiger partial charge in [0.2, 0.25) is 0 Å². The normalized spacial score (nSPS) is 10.2. The molecule has 0 fully saturated rings. The molecule has 0 N–H and O–H groups in total. The lowest BCUT2D eigenvalue weighted by atomic mass is 10.0. The molecule has 2 rings (SSSR count). The maximum Gasteiger partial charge on any atom is 0.193 e. The predicted molar refractivity (Wildman–Crippen MR) is 75.4 cm³/mol. The molecular weight excluding hydrogens is 222 g/mol. The standard InChI is InChI=1S/C16H17NO/c1-12-9-10-14(11-15(12)17(2)3)16(18)13-7-5-4-6-8-13/h4-11H,1-3H3. The Morgan fingerprint density at radius 3 is 2.22 bits per heavy atom. The molecule has 0 aromatic heterocycles. The minimum Gasteiger partial charge on any atom is -0.377 e. The fourth-order valence-electron chi connectivity index (χ4n) is 1.99. The van der Waals surface area contributed by atoms with E-state index < -0.39 is 0 Å². The van der Waals surface area contributed by atoms with Crippen LogP contribution in [0.3, 0.4) is 0 Å². The zero-order valence-corrected chi connectivity index (χ0v) is 11.0. The third kappa shape index (κ3) is 2.43. The van der Waals surface area contributed by atoms with E-state index in [0.29, 0.717) is 0 Å². The Morgan fingerprint density at radius 1 is 0.944 bits per heavy atom. The molecule has 0 amide bonds. The third-order valence-corrected chi connectivity index (χ3v) is 2.99. The summed E-state index contributed by atoms with van der Waals surface area (Å²) < 4.78 is 0. The number of benzene rings is 2. The number of carbonyl (C=O) groups is 1. The molecule has 0 radical (unpaired) electrons. The summed E-state index contributed by atoms with van der Waals surface area (Å²) in [6.07, 6.45) is 0. The maximum absolute atomic E-state index is 12.3. The molecule has 2 heteroatoms. The minimum atomic E-state index is 0.0682. The number of aryl methyl sites for hydroxylation is 1. The van der Waals surface area contributed by atoms with Gasteiger partial charge in [-0.05, 0) is 18.6 Å². The van der Waals surface area contributed by atoms with E-state index in [9.17, 15) is 4.79 Å². The molecule has 0 aliphatic heterocycles. The number of carbonyl (C=O) groups excluding carboxylic acids is 1. The second kappa shape index (κ2) is 5.05. The van der Waals surface area contributed by atoms with Gasteiger partial charge >= 0.3 is 0 Å². The van der Waals surface area contributed by atoms with Crippen molar-refractivity contribution < 1.29 is 4.79 Å². The number of hydrogen-bond acceptors (Lipinski definition) is 2. The van der Waals surface area contributed by atoms with Crippen molar-refractivity contribution in [3.05, 3.63) is 65.2 Å². The van der Waals surface area contributed by atoms with Crippen LogP contribution in [0.25, 0.3) is 0 Å². The molecule has 2 aromatic rings. The molecule has 0 spiro atoms. The molecule has 18 heavy (non-hydrogen) atoms. The Bertz CT molecular complexity index is 559. The summed E-state index contributed by atoms with van der Waals surface area (Å²) in [7, 11) is 3.97. The van der Waals surface area contributed by atoms with Gasteiger partial charge in [-0.3, -0.25) is 4.79 Å². The third-order valence-electron chi connectivity index (χ3n) is 2.99. The molecule has 0 heterocycles. The molecule has 2 aromatic carbocycles. The van der Waals surface area contributed by atoms with Crippen LogP contribution >= 0.6 is 0 Å². The van der Waals surface area contributed by atoms with E-state index >= 15 is 0 Å². The Labute approximate surface area is 108 Å². The highest BCUT2D eigenvalue weighted by Crippen LogP contribution is 2.21. The van der Waals surface area contributed by atoms with Crippen LogP contribution in [-0.2, 0) is 0 Å². The van der Waals surface area contributed by atoms with Crippen LogP contribution in [-0.4, -0.2) is 19.9 Å². The number of ketones is 1. The van der Waals surface area contributed by atoms with Crippen molar-refractivity contribution in [2.75, 3.05) is 19.0 Å². The molecule has 0 saturated heterocycles. The highest BCUT2D eigenvalue weighted by Gasteiger charge is 2.10. The fraction of sp³-hybridized carbons (Fsp3) is 0.188. The first-order valence-corrected chi connectivity index (χ1v) is 5.97. The molecule has 0 atom stereocenters. The van der Waals surface area contributed by atoms with Crippen LogP contribution in [0.1, 0.15) is 21.5 Å². The van der Waals surface area contributed by atoms with Crippen LogP contribution in [0.2, 0.25) is 0 Å². The topological polar surface area (TPSA) is 20.3 Å². The molecule has 0 bridgehead atoms. The quantitative estimate of drug-likeness (QED) is 0.766. The Balaban J connectivity index is 2.41. The van der Waals surface area contributed by atoms with Crippen molar-refractivity contribution in [2.24, 2.45) is 0 Å². The van der Waals surface area contributed by atoms with Crippen LogP contribution in [0.4, 0.5) is 5.69 Å². The van der Waals surface area contributed by atoms with Crippen molar-refractivity contribution in [3.63, 3.8) is 0 Å². The second-order valence-corrected chi connectivity index (χ2v) is 4.59. The minimum absolute atomic E-state index is 0.0682. The van der Waals surface area contributed by atoms with Gasteiger partial charge in [0.1, 0.15) is 0 Å². The summed E-state index contributed by atoms with van der Waals surface area (Å²) in [5.41, 5.74) is 3.71. The van der Waals surface area contributed by atoms with Gasteiger partial charge in [-0.15, -0.1) is 0 Å². The number of nitrogens with zero attached hydrogens (tertiary/aromatic N) is 1. The number of anilines is 1. The molecule has 0 aliphatic carbocycles. The van der Waals surface area contributed by atoms with Gasteiger partial charge in [-0.25, -0.2) is 0 Å². The van der Waals surface area contributed by atoms with Gasteiger partial charge in [0.25, 0.3) is 0 Å². The first-order chi connectivity index (χ1) is 8.59. The van der Waals surface area contributed by atoms with E-state index in [1.54, 1.807) is 0 Å². The van der Waals surface area contributed by atoms with Gasteiger partial charge in [0.05, 0.1) is 0 Å². The molecule has 0 aliphatic rings. The second-order valence-electron chi connectivity index (χ2n) is 4.59. The smallest absolute Gasteiger partial charge is 0.193 e. The molecular formula is C16H17NO. The summed E-state index contributed by atoms with van der Waals surface area (Å²) >= 11 is 0. The van der Waals surface area contributed by atoms with Crippen molar-refractivity contribution in [1.82, 2.24) is 0 Å². The number of hydrogen-bond donors (Lipinski definition) is 0. The van der Waals surface area contributed by atoms with E-state index in [1.165, 1.54) is 5.56 Å². The average molecular weight is 239 g/mol. The van der Waals surface area contributed by atoms with E-state index in [1.807, 2.05) is 74.4 Å². The van der Waals surface area contributed by atoms with Gasteiger partial charge in [-0.2, -0.15) is 0 Å². The highest BCUT2D eigenvalue weighted by atomic mass is 16.1. The molecule has 92 valence electrons. The summed E-state index contributed by atoms with van der Waals surface area (Å²) in [6.45, 7) is 2.05. The maximum atomic E-state index is 12.3. The molecule has 2 nitrogen and oxygen atoms in total. The summed E-state index contributed by atoms with van der Waals surface area (Å²) in [4.78, 5) is 14.3. The van der Waals surface area contributed by atoms with Crippen LogP contribution in [0.15, 0.2) is 48.5 Å². The van der Waals surface area contributed by atoms with Crippen molar-refractivity contribution in [3.8, 4) is 0 Å². The van der Waals surface area contributed by atoms with E-state index in [2.05, 4.69) is 0 Å². The summed E-state index contributed by atoms with van der Waals surface area (Å²) in [5.74, 6) is 0.0682. The summed E-state index contributed by atoms with van der Waals surface area (Å²) in [5, 5.41) is 0. The Kier molecular flexibility index (Phi) is 3.47. The lowest BCUT2D eigenvalue weighted by Gasteiger charge is -2.16. The largest absolute Gasteiger partial charge is 0.377 e. The van der Waals surface area contributed by atoms with Gasteiger partial charge in [-0.1, -0.05) is 42.5 Å². The zero-order valence-electron chi connectivity index (χ0n) is 11.0. The van der Waals surface area contributed by atoms with Gasteiger partial charge in [0, 0.05) is 30.9 Å². The van der Waals surface area contributed by atoms with Crippen molar-refractivity contribution >= 4 is 11.5 Å². The molecule has 0 unspecified atom stereocenters. The SMILES string of the molecule is Cc1ccc(C(=O)c2ccccc2)cc1N(C)C. The lowest BCUT2D eigenvalue weighted by Crippen LogP contribution is -2.11. The Morgan fingerprint density at radius 2 is 1.61 bits per heavy atom. The Hall–Kier alpha value is -2.09.